The van der Waals surface area contributed by atoms with Gasteiger partial charge in [0.1, 0.15) is 23.5 Å². The molecule has 1 saturated carbocycles. The van der Waals surface area contributed by atoms with Gasteiger partial charge in [0.15, 0.2) is 17.2 Å². The highest BCUT2D eigenvalue weighted by Gasteiger charge is 2.38. The second-order valence-electron chi connectivity index (χ2n) is 17.1. The lowest BCUT2D eigenvalue weighted by atomic mass is 9.95. The number of rotatable bonds is 14. The van der Waals surface area contributed by atoms with Crippen LogP contribution < -0.4 is 20.1 Å². The van der Waals surface area contributed by atoms with Gasteiger partial charge < -0.3 is 29.6 Å². The Bertz CT molecular complexity index is 2370. The Kier molecular flexibility index (Phi) is 13.5. The van der Waals surface area contributed by atoms with Gasteiger partial charge in [0.25, 0.3) is 5.91 Å². The fourth-order valence-electron chi connectivity index (χ4n) is 6.65. The minimum atomic E-state index is -4.87. The van der Waals surface area contributed by atoms with E-state index in [-0.39, 0.29) is 30.4 Å². The largest absolute Gasteiger partial charge is 0.493 e. The van der Waals surface area contributed by atoms with Crippen LogP contribution in [0.4, 0.5) is 28.4 Å². The molecule has 1 fully saturated rings. The highest BCUT2D eigenvalue weighted by atomic mass is 19.4. The van der Waals surface area contributed by atoms with Crippen molar-refractivity contribution in [2.45, 2.75) is 91.0 Å². The van der Waals surface area contributed by atoms with Gasteiger partial charge >= 0.3 is 18.4 Å². The number of nitrogens with one attached hydrogen (secondary N) is 2. The molecule has 1 unspecified atom stereocenters. The van der Waals surface area contributed by atoms with Crippen molar-refractivity contribution >= 4 is 23.8 Å². The summed E-state index contributed by atoms with van der Waals surface area (Å²) in [6.45, 7) is 11.1. The predicted octanol–water partition coefficient (Wildman–Crippen LogP) is 10.5. The number of alkyl halides is 3. The maximum Gasteiger partial charge on any atom is 0.435 e. The lowest BCUT2D eigenvalue weighted by molar-refractivity contribution is -0.141. The Morgan fingerprint density at radius 3 is 2.16 bits per heavy atom. The average Bonchev–Trinajstić information content (AvgIpc) is 3.90. The molecule has 12 nitrogen and oxygen atoms in total. The van der Waals surface area contributed by atoms with Gasteiger partial charge in [-0.2, -0.15) is 18.3 Å². The van der Waals surface area contributed by atoms with Gasteiger partial charge in [-0.15, -0.1) is 0 Å². The second-order valence-corrected chi connectivity index (χ2v) is 17.1. The summed E-state index contributed by atoms with van der Waals surface area (Å²) in [6.07, 6.45) is -4.25. The van der Waals surface area contributed by atoms with Gasteiger partial charge in [0.2, 0.25) is 0 Å². The molecule has 0 bridgehead atoms. The topological polar surface area (TPSA) is 133 Å². The minimum absolute atomic E-state index is 0.000995. The molecule has 62 heavy (non-hydrogen) atoms. The van der Waals surface area contributed by atoms with Gasteiger partial charge in [0.05, 0.1) is 18.8 Å². The van der Waals surface area contributed by atoms with E-state index in [0.717, 1.165) is 23.1 Å². The lowest BCUT2D eigenvalue weighted by Crippen LogP contribution is -2.41. The molecule has 1 heterocycles. The van der Waals surface area contributed by atoms with Gasteiger partial charge in [-0.05, 0) is 107 Å². The zero-order valence-corrected chi connectivity index (χ0v) is 35.8. The number of amides is 3. The second kappa shape index (κ2) is 18.6. The Labute approximate surface area is 359 Å². The number of halogens is 3. The van der Waals surface area contributed by atoms with Gasteiger partial charge in [0, 0.05) is 30.4 Å². The number of nitrogens with zero attached hydrogens (tertiary/aromatic N) is 3. The van der Waals surface area contributed by atoms with Crippen LogP contribution in [0.2, 0.25) is 0 Å². The molecule has 1 aliphatic carbocycles. The number of para-hydroxylation sites is 1. The molecular formula is C47H52F3N5O7. The first-order chi connectivity index (χ1) is 29.3. The van der Waals surface area contributed by atoms with E-state index in [4.69, 9.17) is 18.9 Å². The van der Waals surface area contributed by atoms with Crippen LogP contribution in [0.3, 0.4) is 0 Å². The molecule has 0 aliphatic heterocycles. The quantitative estimate of drug-likeness (QED) is 0.113. The van der Waals surface area contributed by atoms with E-state index in [1.54, 1.807) is 95.0 Å². The Morgan fingerprint density at radius 1 is 0.823 bits per heavy atom. The number of carbonyl (C=O) groups is 3. The van der Waals surface area contributed by atoms with Crippen molar-refractivity contribution in [3.05, 3.63) is 137 Å². The molecule has 4 aromatic carbocycles. The molecule has 6 rings (SSSR count). The van der Waals surface area contributed by atoms with Crippen LogP contribution in [-0.4, -0.2) is 57.6 Å². The summed E-state index contributed by atoms with van der Waals surface area (Å²) in [7, 11) is 1.53. The molecule has 15 heteroatoms. The normalized spacial score (nSPS) is 13.5. The van der Waals surface area contributed by atoms with Crippen molar-refractivity contribution in [3.63, 3.8) is 0 Å². The summed E-state index contributed by atoms with van der Waals surface area (Å²) in [5, 5.41) is 9.18. The standard InChI is InChI=1S/C47H52F3N5O7/c1-45(2,3)61-43(57)51-27-32-16-11-19-35(24-32)55-37(26-39(53-55)47(48,49)50)42(56)52-34-18-12-17-33(25-34)40(54(28-30-22-23-30)44(58)62-46(4,5)6)36-20-13-21-38(59-7)41(36)60-29-31-14-9-8-10-15-31/h8-21,24-26,30,40H,22-23,27-29H2,1-7H3,(H,51,57)(H,52,56). The van der Waals surface area contributed by atoms with Crippen LogP contribution in [0.5, 0.6) is 11.5 Å². The monoisotopic (exact) mass is 855 g/mol. The van der Waals surface area contributed by atoms with E-state index in [0.29, 0.717) is 40.8 Å². The van der Waals surface area contributed by atoms with Gasteiger partial charge in [-0.25, -0.2) is 14.3 Å². The SMILES string of the molecule is COc1cccc(C(c2cccc(NC(=O)c3cc(C(F)(F)F)nn3-c3cccc(CNC(=O)OC(C)(C)C)c3)c2)N(CC2CC2)C(=O)OC(C)(C)C)c1OCc1ccccc1. The molecule has 328 valence electrons. The zero-order chi connectivity index (χ0) is 44.8. The van der Waals surface area contributed by atoms with Crippen LogP contribution in [0.25, 0.3) is 5.69 Å². The molecule has 5 aromatic rings. The first-order valence-corrected chi connectivity index (χ1v) is 20.3. The summed E-state index contributed by atoms with van der Waals surface area (Å²) in [5.74, 6) is 0.174. The number of hydrogen-bond donors (Lipinski definition) is 2. The van der Waals surface area contributed by atoms with Crippen molar-refractivity contribution < 1.29 is 46.5 Å². The maximum absolute atomic E-state index is 14.2. The van der Waals surface area contributed by atoms with Crippen molar-refractivity contribution in [3.8, 4) is 17.2 Å². The Balaban J connectivity index is 1.38. The third-order valence-electron chi connectivity index (χ3n) is 9.52. The summed E-state index contributed by atoms with van der Waals surface area (Å²) >= 11 is 0. The van der Waals surface area contributed by atoms with E-state index in [1.165, 1.54) is 19.2 Å². The third kappa shape index (κ3) is 12.1. The fourth-order valence-corrected chi connectivity index (χ4v) is 6.65. The average molecular weight is 856 g/mol. The van der Waals surface area contributed by atoms with Crippen LogP contribution in [-0.2, 0) is 28.8 Å². The van der Waals surface area contributed by atoms with E-state index in [9.17, 15) is 27.6 Å². The van der Waals surface area contributed by atoms with Gasteiger partial charge in [-0.3, -0.25) is 9.69 Å². The summed E-state index contributed by atoms with van der Waals surface area (Å²) in [4.78, 5) is 42.3. The first-order valence-electron chi connectivity index (χ1n) is 20.3. The minimum Gasteiger partial charge on any atom is -0.493 e. The number of methoxy groups -OCH3 is 1. The lowest BCUT2D eigenvalue weighted by Gasteiger charge is -2.35. The maximum atomic E-state index is 14.2. The molecular weight excluding hydrogens is 804 g/mol. The molecule has 0 radical (unpaired) electrons. The molecule has 3 amide bonds. The molecule has 0 spiro atoms. The van der Waals surface area contributed by atoms with E-state index in [2.05, 4.69) is 15.7 Å². The number of aromatic nitrogens is 2. The van der Waals surface area contributed by atoms with Crippen molar-refractivity contribution in [1.82, 2.24) is 20.0 Å². The van der Waals surface area contributed by atoms with Crippen molar-refractivity contribution in [2.24, 2.45) is 5.92 Å². The highest BCUT2D eigenvalue weighted by molar-refractivity contribution is 6.03. The van der Waals surface area contributed by atoms with Crippen LogP contribution >= 0.6 is 0 Å². The molecule has 1 aromatic heterocycles. The van der Waals surface area contributed by atoms with Crippen molar-refractivity contribution in [2.75, 3.05) is 19.0 Å². The third-order valence-corrected chi connectivity index (χ3v) is 9.52. The van der Waals surface area contributed by atoms with E-state index in [1.807, 2.05) is 36.4 Å². The number of ether oxygens (including phenoxy) is 4. The van der Waals surface area contributed by atoms with Gasteiger partial charge in [-0.1, -0.05) is 66.7 Å². The zero-order valence-electron chi connectivity index (χ0n) is 35.8. The summed E-state index contributed by atoms with van der Waals surface area (Å²) in [6, 6.07) is 27.9. The highest BCUT2D eigenvalue weighted by Crippen LogP contribution is 2.44. The Morgan fingerprint density at radius 2 is 1.50 bits per heavy atom. The van der Waals surface area contributed by atoms with Crippen LogP contribution in [0.1, 0.15) is 98.9 Å². The number of anilines is 1. The fraction of sp³-hybridized carbons (Fsp3) is 0.362. The molecule has 2 N–H and O–H groups in total. The first kappa shape index (κ1) is 45.0. The number of alkyl carbamates (subject to hydrolysis) is 1. The smallest absolute Gasteiger partial charge is 0.435 e. The molecule has 1 atom stereocenters. The predicted molar refractivity (Wildman–Crippen MR) is 227 cm³/mol. The van der Waals surface area contributed by atoms with Crippen molar-refractivity contribution in [1.29, 1.82) is 0 Å². The van der Waals surface area contributed by atoms with Crippen LogP contribution in [0, 0.1) is 5.92 Å². The number of carbonyl (C=O) groups excluding carboxylic acids is 3. The molecule has 0 saturated heterocycles. The number of benzene rings is 4. The number of hydrogen-bond acceptors (Lipinski definition) is 8. The summed E-state index contributed by atoms with van der Waals surface area (Å²) < 4.78 is 67.0. The van der Waals surface area contributed by atoms with Crippen LogP contribution in [0.15, 0.2) is 103 Å². The van der Waals surface area contributed by atoms with E-state index >= 15 is 0 Å². The van der Waals surface area contributed by atoms with E-state index < -0.39 is 52.9 Å². The summed E-state index contributed by atoms with van der Waals surface area (Å²) in [5.41, 5.74) is -0.277. The molecule has 1 aliphatic rings. The Hall–Kier alpha value is -6.51.